The van der Waals surface area contributed by atoms with Gasteiger partial charge in [0.15, 0.2) is 0 Å². The van der Waals surface area contributed by atoms with Crippen LogP contribution in [-0.4, -0.2) is 49.9 Å². The summed E-state index contributed by atoms with van der Waals surface area (Å²) < 4.78 is 18.3. The van der Waals surface area contributed by atoms with Crippen LogP contribution in [0, 0.1) is 11.7 Å². The molecule has 32 heavy (non-hydrogen) atoms. The topological polar surface area (TPSA) is 74.2 Å². The fraction of sp³-hybridized carbons (Fsp3) is 0.375. The van der Waals surface area contributed by atoms with Gasteiger partial charge < -0.3 is 15.0 Å². The van der Waals surface area contributed by atoms with Gasteiger partial charge in [-0.1, -0.05) is 18.2 Å². The van der Waals surface area contributed by atoms with E-state index in [0.717, 1.165) is 30.9 Å². The van der Waals surface area contributed by atoms with Gasteiger partial charge in [-0.05, 0) is 55.7 Å². The molecule has 0 bridgehead atoms. The maximum atomic E-state index is 13.2. The highest BCUT2D eigenvalue weighted by molar-refractivity contribution is 6.38. The standard InChI is InChI=1S/C24H27FN4O3/c1-2-32-24(31)21-14-22(29(27-21)20-6-4-3-5-7-20)23(30)26-15-17-12-13-28(16-17)19-10-8-18(25)9-11-19/h3-11,17,22H,2,12-16H2,1H3,(H,26,30). The molecule has 1 N–H and O–H groups in total. The Bertz CT molecular complexity index is 980. The second-order valence-corrected chi connectivity index (χ2v) is 7.99. The number of halogens is 1. The Morgan fingerprint density at radius 1 is 1.12 bits per heavy atom. The van der Waals surface area contributed by atoms with Crippen molar-refractivity contribution in [3.05, 3.63) is 60.4 Å². The van der Waals surface area contributed by atoms with Crippen LogP contribution in [0.5, 0.6) is 0 Å². The van der Waals surface area contributed by atoms with Crippen LogP contribution in [0.3, 0.4) is 0 Å². The van der Waals surface area contributed by atoms with Crippen LogP contribution in [0.25, 0.3) is 0 Å². The smallest absolute Gasteiger partial charge is 0.354 e. The lowest BCUT2D eigenvalue weighted by Crippen LogP contribution is -2.44. The first-order valence-electron chi connectivity index (χ1n) is 10.9. The minimum absolute atomic E-state index is 0.169. The van der Waals surface area contributed by atoms with E-state index < -0.39 is 12.0 Å². The molecule has 2 aromatic carbocycles. The van der Waals surface area contributed by atoms with Gasteiger partial charge in [0.25, 0.3) is 0 Å². The van der Waals surface area contributed by atoms with E-state index in [0.29, 0.717) is 12.5 Å². The summed E-state index contributed by atoms with van der Waals surface area (Å²) in [4.78, 5) is 27.5. The van der Waals surface area contributed by atoms with Crippen molar-refractivity contribution in [2.24, 2.45) is 11.0 Å². The quantitative estimate of drug-likeness (QED) is 0.673. The van der Waals surface area contributed by atoms with E-state index in [1.807, 2.05) is 30.3 Å². The number of nitrogens with one attached hydrogen (secondary N) is 1. The first-order valence-corrected chi connectivity index (χ1v) is 10.9. The molecule has 0 radical (unpaired) electrons. The number of anilines is 2. The van der Waals surface area contributed by atoms with Crippen molar-refractivity contribution < 1.29 is 18.7 Å². The summed E-state index contributed by atoms with van der Waals surface area (Å²) in [5, 5.41) is 9.04. The zero-order valence-electron chi connectivity index (χ0n) is 18.0. The van der Waals surface area contributed by atoms with Gasteiger partial charge in [0.1, 0.15) is 17.6 Å². The van der Waals surface area contributed by atoms with E-state index in [-0.39, 0.29) is 30.5 Å². The molecule has 0 aromatic heterocycles. The summed E-state index contributed by atoms with van der Waals surface area (Å²) >= 11 is 0. The number of carbonyl (C=O) groups excluding carboxylic acids is 2. The van der Waals surface area contributed by atoms with E-state index in [9.17, 15) is 14.0 Å². The summed E-state index contributed by atoms with van der Waals surface area (Å²) in [6.45, 7) is 4.19. The first kappa shape index (κ1) is 21.8. The number of carbonyl (C=O) groups is 2. The predicted molar refractivity (Wildman–Crippen MR) is 121 cm³/mol. The summed E-state index contributed by atoms with van der Waals surface area (Å²) in [5.74, 6) is -0.617. The monoisotopic (exact) mass is 438 g/mol. The Hall–Kier alpha value is -3.42. The van der Waals surface area contributed by atoms with Gasteiger partial charge in [-0.15, -0.1) is 0 Å². The third kappa shape index (κ3) is 4.90. The number of esters is 1. The number of hydrogen-bond donors (Lipinski definition) is 1. The summed E-state index contributed by atoms with van der Waals surface area (Å²) in [7, 11) is 0. The Labute approximate surface area is 186 Å². The van der Waals surface area contributed by atoms with Gasteiger partial charge in [0.2, 0.25) is 5.91 Å². The molecule has 2 atom stereocenters. The molecule has 0 aliphatic carbocycles. The average molecular weight is 439 g/mol. The Kier molecular flexibility index (Phi) is 6.68. The largest absolute Gasteiger partial charge is 0.461 e. The highest BCUT2D eigenvalue weighted by Crippen LogP contribution is 2.26. The summed E-state index contributed by atoms with van der Waals surface area (Å²) in [6.07, 6.45) is 1.14. The third-order valence-electron chi connectivity index (χ3n) is 5.79. The number of benzene rings is 2. The van der Waals surface area contributed by atoms with Gasteiger partial charge in [-0.3, -0.25) is 9.80 Å². The molecule has 4 rings (SSSR count). The van der Waals surface area contributed by atoms with Crippen LogP contribution in [-0.2, 0) is 14.3 Å². The molecule has 2 heterocycles. The fourth-order valence-corrected chi connectivity index (χ4v) is 4.12. The molecule has 2 aromatic rings. The molecule has 8 heteroatoms. The van der Waals surface area contributed by atoms with E-state index >= 15 is 0 Å². The highest BCUT2D eigenvalue weighted by Gasteiger charge is 2.37. The minimum Gasteiger partial charge on any atom is -0.461 e. The zero-order chi connectivity index (χ0) is 22.5. The number of ether oxygens (including phenoxy) is 1. The lowest BCUT2D eigenvalue weighted by atomic mass is 10.1. The molecule has 2 aliphatic heterocycles. The molecule has 1 fully saturated rings. The number of nitrogens with zero attached hydrogens (tertiary/aromatic N) is 3. The normalized spacial score (nSPS) is 20.2. The summed E-state index contributed by atoms with van der Waals surface area (Å²) in [6, 6.07) is 15.2. The molecular formula is C24H27FN4O3. The van der Waals surface area contributed by atoms with Gasteiger partial charge in [0.05, 0.1) is 12.3 Å². The van der Waals surface area contributed by atoms with Crippen LogP contribution in [0.2, 0.25) is 0 Å². The number of para-hydroxylation sites is 1. The van der Waals surface area contributed by atoms with Gasteiger partial charge in [0, 0.05) is 31.7 Å². The van der Waals surface area contributed by atoms with Crippen molar-refractivity contribution in [1.29, 1.82) is 0 Å². The predicted octanol–water partition coefficient (Wildman–Crippen LogP) is 2.97. The Balaban J connectivity index is 1.37. The number of hydrogen-bond acceptors (Lipinski definition) is 6. The van der Waals surface area contributed by atoms with E-state index in [2.05, 4.69) is 15.3 Å². The molecule has 2 aliphatic rings. The molecule has 7 nitrogen and oxygen atoms in total. The second-order valence-electron chi connectivity index (χ2n) is 7.99. The van der Waals surface area contributed by atoms with Crippen LogP contribution >= 0.6 is 0 Å². The average Bonchev–Trinajstić information content (AvgIpc) is 3.47. The fourth-order valence-electron chi connectivity index (χ4n) is 4.12. The molecule has 1 saturated heterocycles. The van der Waals surface area contributed by atoms with Crippen molar-refractivity contribution in [3.8, 4) is 0 Å². The highest BCUT2D eigenvalue weighted by atomic mass is 19.1. The number of rotatable bonds is 7. The summed E-state index contributed by atoms with van der Waals surface area (Å²) in [5.41, 5.74) is 1.98. The maximum Gasteiger partial charge on any atom is 0.354 e. The molecule has 0 saturated carbocycles. The first-order chi connectivity index (χ1) is 15.5. The van der Waals surface area contributed by atoms with Gasteiger partial charge >= 0.3 is 5.97 Å². The van der Waals surface area contributed by atoms with Gasteiger partial charge in [-0.2, -0.15) is 5.10 Å². The van der Waals surface area contributed by atoms with Crippen molar-refractivity contribution in [3.63, 3.8) is 0 Å². The molecule has 2 unspecified atom stereocenters. The van der Waals surface area contributed by atoms with E-state index in [4.69, 9.17) is 4.74 Å². The van der Waals surface area contributed by atoms with Crippen molar-refractivity contribution in [2.45, 2.75) is 25.8 Å². The maximum absolute atomic E-state index is 13.2. The molecule has 1 amide bonds. The Morgan fingerprint density at radius 3 is 2.59 bits per heavy atom. The Morgan fingerprint density at radius 2 is 1.88 bits per heavy atom. The van der Waals surface area contributed by atoms with E-state index in [1.54, 1.807) is 24.1 Å². The SMILES string of the molecule is CCOC(=O)C1=NN(c2ccccc2)C(C(=O)NCC2CCN(c3ccc(F)cc3)C2)C1. The van der Waals surface area contributed by atoms with Crippen LogP contribution < -0.4 is 15.2 Å². The van der Waals surface area contributed by atoms with Crippen molar-refractivity contribution >= 4 is 29.0 Å². The lowest BCUT2D eigenvalue weighted by Gasteiger charge is -2.23. The van der Waals surface area contributed by atoms with Crippen LogP contribution in [0.4, 0.5) is 15.8 Å². The van der Waals surface area contributed by atoms with Crippen LogP contribution in [0.15, 0.2) is 59.7 Å². The number of amides is 1. The minimum atomic E-state index is -0.605. The molecule has 168 valence electrons. The molecular weight excluding hydrogens is 411 g/mol. The zero-order valence-corrected chi connectivity index (χ0v) is 18.0. The lowest BCUT2D eigenvalue weighted by molar-refractivity contribution is -0.135. The van der Waals surface area contributed by atoms with Crippen molar-refractivity contribution in [2.75, 3.05) is 36.1 Å². The third-order valence-corrected chi connectivity index (χ3v) is 5.79. The van der Waals surface area contributed by atoms with Crippen molar-refractivity contribution in [1.82, 2.24) is 5.32 Å². The van der Waals surface area contributed by atoms with Crippen LogP contribution in [0.1, 0.15) is 19.8 Å². The van der Waals surface area contributed by atoms with E-state index in [1.165, 1.54) is 12.1 Å². The van der Waals surface area contributed by atoms with Gasteiger partial charge in [-0.25, -0.2) is 9.18 Å². The number of hydrazone groups is 1. The second kappa shape index (κ2) is 9.80. The molecule has 0 spiro atoms.